The van der Waals surface area contributed by atoms with Gasteiger partial charge in [0.15, 0.2) is 11.4 Å². The van der Waals surface area contributed by atoms with Crippen molar-refractivity contribution in [2.45, 2.75) is 46.1 Å². The van der Waals surface area contributed by atoms with Crippen LogP contribution in [-0.4, -0.2) is 16.0 Å². The van der Waals surface area contributed by atoms with Crippen LogP contribution in [0.15, 0.2) is 18.3 Å². The van der Waals surface area contributed by atoms with Gasteiger partial charge in [0.05, 0.1) is 18.0 Å². The van der Waals surface area contributed by atoms with Gasteiger partial charge in [-0.05, 0) is 24.5 Å². The topological polar surface area (TPSA) is 52.5 Å². The van der Waals surface area contributed by atoms with Gasteiger partial charge in [-0.3, -0.25) is 4.40 Å². The van der Waals surface area contributed by atoms with E-state index in [0.29, 0.717) is 12.5 Å². The van der Waals surface area contributed by atoms with Crippen molar-refractivity contribution < 1.29 is 4.74 Å². The molecule has 0 aliphatic rings. The molecule has 0 saturated heterocycles. The molecule has 104 valence electrons. The minimum atomic E-state index is 0.363. The smallest absolute Gasteiger partial charge is 0.180 e. The van der Waals surface area contributed by atoms with Crippen LogP contribution in [0.3, 0.4) is 0 Å². The Kier molecular flexibility index (Phi) is 4.43. The number of nitrogens with two attached hydrogens (primary N) is 1. The molecule has 4 nitrogen and oxygen atoms in total. The number of rotatable bonds is 6. The van der Waals surface area contributed by atoms with Crippen molar-refractivity contribution >= 4 is 5.65 Å². The molecule has 0 aliphatic heterocycles. The zero-order chi connectivity index (χ0) is 13.8. The van der Waals surface area contributed by atoms with Crippen molar-refractivity contribution in [2.24, 2.45) is 5.73 Å². The average Bonchev–Trinajstić information content (AvgIpc) is 2.78. The largest absolute Gasteiger partial charge is 0.490 e. The summed E-state index contributed by atoms with van der Waals surface area (Å²) in [5, 5.41) is 0. The van der Waals surface area contributed by atoms with Crippen LogP contribution in [0.25, 0.3) is 5.65 Å². The van der Waals surface area contributed by atoms with Gasteiger partial charge in [0.1, 0.15) is 0 Å². The predicted octanol–water partition coefficient (Wildman–Crippen LogP) is 3.10. The van der Waals surface area contributed by atoms with E-state index in [1.54, 1.807) is 0 Å². The molecule has 2 aromatic rings. The quantitative estimate of drug-likeness (QED) is 0.813. The molecular formula is C15H23N3O. The number of hydrogen-bond acceptors (Lipinski definition) is 3. The molecule has 0 amide bonds. The molecule has 0 spiro atoms. The minimum absolute atomic E-state index is 0.363. The molecule has 0 aromatic carbocycles. The van der Waals surface area contributed by atoms with E-state index in [-0.39, 0.29) is 0 Å². The summed E-state index contributed by atoms with van der Waals surface area (Å²) in [6.45, 7) is 7.66. The lowest BCUT2D eigenvalue weighted by Gasteiger charge is -2.07. The molecule has 0 aliphatic carbocycles. The highest BCUT2D eigenvalue weighted by atomic mass is 16.5. The third-order valence-corrected chi connectivity index (χ3v) is 3.24. The maximum absolute atomic E-state index is 5.87. The first kappa shape index (κ1) is 13.9. The number of pyridine rings is 1. The SMILES string of the molecule is CCCCOc1cccn2c(CN)c(C(C)C)nc12. The molecule has 0 radical (unpaired) electrons. The molecular weight excluding hydrogens is 238 g/mol. The number of nitrogens with zero attached hydrogens (tertiary/aromatic N) is 2. The molecule has 0 unspecified atom stereocenters. The number of aromatic nitrogens is 2. The Morgan fingerprint density at radius 1 is 1.42 bits per heavy atom. The van der Waals surface area contributed by atoms with Crippen LogP contribution in [0.2, 0.25) is 0 Å². The normalized spacial score (nSPS) is 11.4. The molecule has 2 N–H and O–H groups in total. The Morgan fingerprint density at radius 3 is 2.84 bits per heavy atom. The second-order valence-corrected chi connectivity index (χ2v) is 5.07. The fourth-order valence-electron chi connectivity index (χ4n) is 2.21. The van der Waals surface area contributed by atoms with Gasteiger partial charge < -0.3 is 10.5 Å². The van der Waals surface area contributed by atoms with Crippen LogP contribution in [0.1, 0.15) is 50.9 Å². The van der Waals surface area contributed by atoms with Crippen molar-refractivity contribution in [2.75, 3.05) is 6.61 Å². The van der Waals surface area contributed by atoms with Crippen LogP contribution in [0, 0.1) is 0 Å². The van der Waals surface area contributed by atoms with E-state index in [4.69, 9.17) is 15.5 Å². The monoisotopic (exact) mass is 261 g/mol. The van der Waals surface area contributed by atoms with E-state index < -0.39 is 0 Å². The maximum atomic E-state index is 5.87. The van der Waals surface area contributed by atoms with Crippen LogP contribution in [0.5, 0.6) is 5.75 Å². The Bertz CT molecular complexity index is 546. The molecule has 0 saturated carbocycles. The van der Waals surface area contributed by atoms with E-state index in [2.05, 4.69) is 25.2 Å². The highest BCUT2D eigenvalue weighted by molar-refractivity contribution is 5.56. The molecule has 19 heavy (non-hydrogen) atoms. The third kappa shape index (κ3) is 2.73. The molecule has 2 rings (SSSR count). The number of hydrogen-bond donors (Lipinski definition) is 1. The second-order valence-electron chi connectivity index (χ2n) is 5.07. The minimum Gasteiger partial charge on any atom is -0.490 e. The van der Waals surface area contributed by atoms with Gasteiger partial charge in [0.2, 0.25) is 0 Å². The standard InChI is InChI=1S/C15H23N3O/c1-4-5-9-19-13-7-6-8-18-12(10-16)14(11(2)3)17-15(13)18/h6-8,11H,4-5,9-10,16H2,1-3H3. The fourth-order valence-corrected chi connectivity index (χ4v) is 2.21. The lowest BCUT2D eigenvalue weighted by atomic mass is 10.1. The lowest BCUT2D eigenvalue weighted by Crippen LogP contribution is -2.05. The van der Waals surface area contributed by atoms with E-state index in [0.717, 1.165) is 42.2 Å². The van der Waals surface area contributed by atoms with Crippen molar-refractivity contribution in [3.8, 4) is 5.75 Å². The molecule has 0 fully saturated rings. The molecule has 0 bridgehead atoms. The van der Waals surface area contributed by atoms with E-state index in [9.17, 15) is 0 Å². The first-order chi connectivity index (χ1) is 9.19. The highest BCUT2D eigenvalue weighted by Crippen LogP contribution is 2.26. The summed E-state index contributed by atoms with van der Waals surface area (Å²) < 4.78 is 7.88. The van der Waals surface area contributed by atoms with E-state index >= 15 is 0 Å². The summed E-state index contributed by atoms with van der Waals surface area (Å²) in [7, 11) is 0. The summed E-state index contributed by atoms with van der Waals surface area (Å²) in [5.41, 5.74) is 8.89. The number of unbranched alkanes of at least 4 members (excludes halogenated alkanes) is 1. The molecule has 0 atom stereocenters. The second kappa shape index (κ2) is 6.06. The van der Waals surface area contributed by atoms with Gasteiger partial charge in [-0.25, -0.2) is 4.98 Å². The van der Waals surface area contributed by atoms with Crippen LogP contribution in [0.4, 0.5) is 0 Å². The lowest BCUT2D eigenvalue weighted by molar-refractivity contribution is 0.311. The fraction of sp³-hybridized carbons (Fsp3) is 0.533. The summed E-state index contributed by atoms with van der Waals surface area (Å²) in [4.78, 5) is 4.72. The zero-order valence-corrected chi connectivity index (χ0v) is 12.0. The Morgan fingerprint density at radius 2 is 2.21 bits per heavy atom. The number of fused-ring (bicyclic) bond motifs is 1. The van der Waals surface area contributed by atoms with Gasteiger partial charge in [0, 0.05) is 12.7 Å². The van der Waals surface area contributed by atoms with E-state index in [1.165, 1.54) is 0 Å². The van der Waals surface area contributed by atoms with Gasteiger partial charge in [-0.2, -0.15) is 0 Å². The zero-order valence-electron chi connectivity index (χ0n) is 12.0. The highest BCUT2D eigenvalue weighted by Gasteiger charge is 2.16. The van der Waals surface area contributed by atoms with Crippen LogP contribution < -0.4 is 10.5 Å². The van der Waals surface area contributed by atoms with Gasteiger partial charge in [-0.1, -0.05) is 27.2 Å². The van der Waals surface area contributed by atoms with Crippen molar-refractivity contribution in [3.05, 3.63) is 29.7 Å². The summed E-state index contributed by atoms with van der Waals surface area (Å²) in [5.74, 6) is 1.21. The van der Waals surface area contributed by atoms with Crippen LogP contribution >= 0.6 is 0 Å². The maximum Gasteiger partial charge on any atom is 0.180 e. The summed E-state index contributed by atoms with van der Waals surface area (Å²) in [6.07, 6.45) is 4.19. The molecule has 2 aromatic heterocycles. The Hall–Kier alpha value is -1.55. The molecule has 2 heterocycles. The van der Waals surface area contributed by atoms with Crippen molar-refractivity contribution in [1.29, 1.82) is 0 Å². The first-order valence-corrected chi connectivity index (χ1v) is 7.01. The van der Waals surface area contributed by atoms with E-state index in [1.807, 2.05) is 18.3 Å². The summed E-state index contributed by atoms with van der Waals surface area (Å²) >= 11 is 0. The third-order valence-electron chi connectivity index (χ3n) is 3.24. The van der Waals surface area contributed by atoms with Gasteiger partial charge in [0.25, 0.3) is 0 Å². The predicted molar refractivity (Wildman–Crippen MR) is 77.6 cm³/mol. The average molecular weight is 261 g/mol. The van der Waals surface area contributed by atoms with Crippen molar-refractivity contribution in [3.63, 3.8) is 0 Å². The number of ether oxygens (including phenoxy) is 1. The molecule has 4 heteroatoms. The van der Waals surface area contributed by atoms with Crippen molar-refractivity contribution in [1.82, 2.24) is 9.38 Å². The first-order valence-electron chi connectivity index (χ1n) is 7.01. The van der Waals surface area contributed by atoms with Crippen LogP contribution in [-0.2, 0) is 6.54 Å². The Balaban J connectivity index is 2.44. The Labute approximate surface area is 114 Å². The van der Waals surface area contributed by atoms with Gasteiger partial charge >= 0.3 is 0 Å². The summed E-state index contributed by atoms with van der Waals surface area (Å²) in [6, 6.07) is 3.96. The van der Waals surface area contributed by atoms with Gasteiger partial charge in [-0.15, -0.1) is 0 Å². The number of imidazole rings is 1.